The molecule has 2 aromatic carbocycles. The lowest BCUT2D eigenvalue weighted by Gasteiger charge is -2.15. The van der Waals surface area contributed by atoms with Crippen molar-refractivity contribution >= 4 is 28.3 Å². The predicted octanol–water partition coefficient (Wildman–Crippen LogP) is 4.10. The first kappa shape index (κ1) is 11.8. The number of phenolic OH excluding ortho intramolecular Hbond substituents is 1. The van der Waals surface area contributed by atoms with Crippen LogP contribution in [0.15, 0.2) is 42.5 Å². The number of phenols is 1. The fourth-order valence-electron chi connectivity index (χ4n) is 2.53. The number of halogens is 1. The Kier molecular flexibility index (Phi) is 3.16. The van der Waals surface area contributed by atoms with E-state index in [2.05, 4.69) is 52.2 Å². The van der Waals surface area contributed by atoms with Crippen molar-refractivity contribution in [2.75, 3.05) is 5.32 Å². The van der Waals surface area contributed by atoms with E-state index in [1.165, 1.54) is 14.7 Å². The molecule has 92 valence electrons. The van der Waals surface area contributed by atoms with Gasteiger partial charge in [-0.3, -0.25) is 0 Å². The molecule has 1 aliphatic rings. The lowest BCUT2D eigenvalue weighted by Crippen LogP contribution is -2.06. The van der Waals surface area contributed by atoms with Gasteiger partial charge in [0, 0.05) is 9.26 Å². The molecule has 3 heteroatoms. The normalized spacial score (nSPS) is 17.5. The lowest BCUT2D eigenvalue weighted by atomic mass is 10.1. The van der Waals surface area contributed by atoms with E-state index in [1.54, 1.807) is 6.07 Å². The van der Waals surface area contributed by atoms with E-state index in [9.17, 15) is 5.11 Å². The molecule has 1 unspecified atom stereocenters. The van der Waals surface area contributed by atoms with Gasteiger partial charge in [0.15, 0.2) is 0 Å². The summed E-state index contributed by atoms with van der Waals surface area (Å²) in [6, 6.07) is 14.4. The number of hydrogen-bond acceptors (Lipinski definition) is 2. The van der Waals surface area contributed by atoms with Crippen LogP contribution in [0, 0.1) is 3.57 Å². The highest BCUT2D eigenvalue weighted by Gasteiger charge is 2.22. The van der Waals surface area contributed by atoms with Crippen LogP contribution in [0.1, 0.15) is 23.6 Å². The average Bonchev–Trinajstić information content (AvgIpc) is 2.72. The molecule has 2 nitrogen and oxygen atoms in total. The van der Waals surface area contributed by atoms with Crippen LogP contribution in [0.3, 0.4) is 0 Å². The summed E-state index contributed by atoms with van der Waals surface area (Å²) in [5.41, 5.74) is 3.73. The highest BCUT2D eigenvalue weighted by molar-refractivity contribution is 14.1. The molecule has 0 saturated heterocycles. The standard InChI is InChI=1S/C15H14INO/c16-11-2-1-3-12(9-11)17-15-7-4-10-8-13(18)5-6-14(10)15/h1-3,5-6,8-9,15,17-18H,4,7H2. The second kappa shape index (κ2) is 4.80. The third-order valence-corrected chi connectivity index (χ3v) is 4.04. The molecule has 2 N–H and O–H groups in total. The number of benzene rings is 2. The van der Waals surface area contributed by atoms with Gasteiger partial charge in [-0.05, 0) is 76.9 Å². The van der Waals surface area contributed by atoms with Crippen molar-refractivity contribution in [1.29, 1.82) is 0 Å². The molecule has 0 saturated carbocycles. The average molecular weight is 351 g/mol. The van der Waals surface area contributed by atoms with Gasteiger partial charge in [-0.25, -0.2) is 0 Å². The van der Waals surface area contributed by atoms with E-state index in [0.29, 0.717) is 11.8 Å². The van der Waals surface area contributed by atoms with E-state index in [-0.39, 0.29) is 0 Å². The fraction of sp³-hybridized carbons (Fsp3) is 0.200. The number of rotatable bonds is 2. The summed E-state index contributed by atoms with van der Waals surface area (Å²) in [7, 11) is 0. The van der Waals surface area contributed by atoms with Crippen LogP contribution in [-0.2, 0) is 6.42 Å². The number of aromatic hydroxyl groups is 1. The predicted molar refractivity (Wildman–Crippen MR) is 82.0 cm³/mol. The maximum Gasteiger partial charge on any atom is 0.115 e. The van der Waals surface area contributed by atoms with Crippen LogP contribution in [0.25, 0.3) is 0 Å². The Bertz CT molecular complexity index is 582. The summed E-state index contributed by atoms with van der Waals surface area (Å²) in [6.07, 6.45) is 2.12. The van der Waals surface area contributed by atoms with Crippen molar-refractivity contribution in [2.45, 2.75) is 18.9 Å². The van der Waals surface area contributed by atoms with E-state index in [4.69, 9.17) is 0 Å². The van der Waals surface area contributed by atoms with Crippen molar-refractivity contribution in [3.8, 4) is 5.75 Å². The molecule has 1 aliphatic carbocycles. The minimum atomic E-state index is 0.360. The SMILES string of the molecule is Oc1ccc2c(c1)CCC2Nc1cccc(I)c1. The fourth-order valence-corrected chi connectivity index (χ4v) is 3.08. The first-order valence-electron chi connectivity index (χ1n) is 6.06. The first-order chi connectivity index (χ1) is 8.72. The van der Waals surface area contributed by atoms with Crippen LogP contribution < -0.4 is 5.32 Å². The van der Waals surface area contributed by atoms with Crippen molar-refractivity contribution in [2.24, 2.45) is 0 Å². The van der Waals surface area contributed by atoms with E-state index >= 15 is 0 Å². The molecule has 2 aromatic rings. The van der Waals surface area contributed by atoms with Gasteiger partial charge in [-0.1, -0.05) is 12.1 Å². The third-order valence-electron chi connectivity index (χ3n) is 3.37. The summed E-state index contributed by atoms with van der Waals surface area (Å²) in [5.74, 6) is 0.364. The monoisotopic (exact) mass is 351 g/mol. The molecular weight excluding hydrogens is 337 g/mol. The highest BCUT2D eigenvalue weighted by Crippen LogP contribution is 2.35. The first-order valence-corrected chi connectivity index (χ1v) is 7.14. The second-order valence-corrected chi connectivity index (χ2v) is 5.87. The number of hydrogen-bond donors (Lipinski definition) is 2. The number of nitrogens with one attached hydrogen (secondary N) is 1. The molecular formula is C15H14INO. The lowest BCUT2D eigenvalue weighted by molar-refractivity contribution is 0.474. The van der Waals surface area contributed by atoms with Crippen molar-refractivity contribution < 1.29 is 5.11 Å². The molecule has 0 fully saturated rings. The molecule has 0 spiro atoms. The topological polar surface area (TPSA) is 32.3 Å². The van der Waals surface area contributed by atoms with Crippen LogP contribution in [0.2, 0.25) is 0 Å². The third kappa shape index (κ3) is 2.32. The Morgan fingerprint density at radius 3 is 2.89 bits per heavy atom. The highest BCUT2D eigenvalue weighted by atomic mass is 127. The Hall–Kier alpha value is -1.23. The van der Waals surface area contributed by atoms with Crippen LogP contribution in [-0.4, -0.2) is 5.11 Å². The molecule has 0 radical (unpaired) electrons. The molecule has 0 bridgehead atoms. The molecule has 1 atom stereocenters. The van der Waals surface area contributed by atoms with Gasteiger partial charge < -0.3 is 10.4 Å². The van der Waals surface area contributed by atoms with Gasteiger partial charge >= 0.3 is 0 Å². The summed E-state index contributed by atoms with van der Waals surface area (Å²) >= 11 is 2.32. The summed E-state index contributed by atoms with van der Waals surface area (Å²) in [6.45, 7) is 0. The summed E-state index contributed by atoms with van der Waals surface area (Å²) in [4.78, 5) is 0. The smallest absolute Gasteiger partial charge is 0.115 e. The number of fused-ring (bicyclic) bond motifs is 1. The molecule has 0 aliphatic heterocycles. The maximum atomic E-state index is 9.49. The van der Waals surface area contributed by atoms with Crippen LogP contribution >= 0.6 is 22.6 Å². The zero-order valence-corrected chi connectivity index (χ0v) is 12.0. The Morgan fingerprint density at radius 2 is 2.06 bits per heavy atom. The largest absolute Gasteiger partial charge is 0.508 e. The zero-order chi connectivity index (χ0) is 12.5. The van der Waals surface area contributed by atoms with Crippen molar-refractivity contribution in [1.82, 2.24) is 0 Å². The maximum absolute atomic E-state index is 9.49. The Labute approximate surface area is 120 Å². The van der Waals surface area contributed by atoms with Gasteiger partial charge in [-0.2, -0.15) is 0 Å². The Balaban J connectivity index is 1.85. The quantitative estimate of drug-likeness (QED) is 0.799. The second-order valence-electron chi connectivity index (χ2n) is 4.63. The van der Waals surface area contributed by atoms with Crippen LogP contribution in [0.5, 0.6) is 5.75 Å². The minimum Gasteiger partial charge on any atom is -0.508 e. The van der Waals surface area contributed by atoms with Gasteiger partial charge in [0.25, 0.3) is 0 Å². The summed E-state index contributed by atoms with van der Waals surface area (Å²) in [5, 5.41) is 13.1. The van der Waals surface area contributed by atoms with E-state index in [1.807, 2.05) is 12.1 Å². The van der Waals surface area contributed by atoms with Crippen LogP contribution in [0.4, 0.5) is 5.69 Å². The van der Waals surface area contributed by atoms with Gasteiger partial charge in [0.2, 0.25) is 0 Å². The van der Waals surface area contributed by atoms with Crippen molar-refractivity contribution in [3.63, 3.8) is 0 Å². The van der Waals surface area contributed by atoms with Crippen molar-refractivity contribution in [3.05, 3.63) is 57.2 Å². The number of aryl methyl sites for hydroxylation is 1. The molecule has 18 heavy (non-hydrogen) atoms. The van der Waals surface area contributed by atoms with Gasteiger partial charge in [0.05, 0.1) is 6.04 Å². The number of anilines is 1. The molecule has 0 aromatic heterocycles. The Morgan fingerprint density at radius 1 is 1.17 bits per heavy atom. The van der Waals surface area contributed by atoms with E-state index < -0.39 is 0 Å². The van der Waals surface area contributed by atoms with E-state index in [0.717, 1.165) is 18.5 Å². The summed E-state index contributed by atoms with van der Waals surface area (Å²) < 4.78 is 1.24. The zero-order valence-electron chi connectivity index (χ0n) is 9.86. The minimum absolute atomic E-state index is 0.360. The molecule has 0 heterocycles. The molecule has 3 rings (SSSR count). The van der Waals surface area contributed by atoms with Gasteiger partial charge in [-0.15, -0.1) is 0 Å². The molecule has 0 amide bonds. The van der Waals surface area contributed by atoms with Gasteiger partial charge in [0.1, 0.15) is 5.75 Å².